The second-order valence-electron chi connectivity index (χ2n) is 12.2. The van der Waals surface area contributed by atoms with E-state index in [9.17, 15) is 65.7 Å². The fourth-order valence-electron chi connectivity index (χ4n) is 5.43. The van der Waals surface area contributed by atoms with Gasteiger partial charge in [0.1, 0.15) is 35.8 Å². The van der Waals surface area contributed by atoms with Gasteiger partial charge < -0.3 is 33.2 Å². The molecule has 0 saturated carbocycles. The summed E-state index contributed by atoms with van der Waals surface area (Å²) in [6.07, 6.45) is -9.98. The number of hydrogen-bond acceptors (Lipinski definition) is 15. The zero-order chi connectivity index (χ0) is 46.8. The normalized spacial score (nSPS) is 11.4. The van der Waals surface area contributed by atoms with E-state index in [1.807, 2.05) is 0 Å². The van der Waals surface area contributed by atoms with E-state index in [1.54, 1.807) is 0 Å². The second kappa shape index (κ2) is 21.0. The molecule has 4 aromatic rings. The van der Waals surface area contributed by atoms with Crippen molar-refractivity contribution in [3.05, 3.63) is 113 Å². The van der Waals surface area contributed by atoms with Crippen LogP contribution in [0.3, 0.4) is 0 Å². The standard InChI is InChI=1S/C38H28Cl2F6N2O15/c1-57-11-13-59-29(49)17-61-35(51)33-25(47(53)54)7-9-27(31(33)21-5-3-19(15-23(21)39)37(41,42)43)63-28-10-8-26(48(55)56)34(36(52)62-18-30(50)60-14-12-58-2)32(28)22-6-4-20(16-24(22)40)38(44,45)46/h3-10,15-16H,11-14,17-18H2,1-2H3. The average Bonchev–Trinajstić information content (AvgIpc) is 3.21. The number of carbonyl (C=O) groups excluding carboxylic acids is 4. The van der Waals surface area contributed by atoms with E-state index in [4.69, 9.17) is 56.4 Å². The van der Waals surface area contributed by atoms with Gasteiger partial charge in [0, 0.05) is 58.7 Å². The van der Waals surface area contributed by atoms with Gasteiger partial charge in [-0.2, -0.15) is 26.3 Å². The molecular formula is C38H28Cl2F6N2O15. The van der Waals surface area contributed by atoms with Gasteiger partial charge in [0.05, 0.1) is 34.2 Å². The number of benzene rings is 4. The van der Waals surface area contributed by atoms with Crippen LogP contribution in [0, 0.1) is 20.2 Å². The monoisotopic (exact) mass is 936 g/mol. The van der Waals surface area contributed by atoms with Gasteiger partial charge in [-0.15, -0.1) is 0 Å². The van der Waals surface area contributed by atoms with Gasteiger partial charge in [-0.3, -0.25) is 20.2 Å². The average molecular weight is 938 g/mol. The van der Waals surface area contributed by atoms with Crippen molar-refractivity contribution >= 4 is 58.5 Å². The Bertz CT molecular complexity index is 2260. The summed E-state index contributed by atoms with van der Waals surface area (Å²) >= 11 is 12.6. The number of nitrogens with zero attached hydrogens (tertiary/aromatic N) is 2. The maximum Gasteiger partial charge on any atom is 0.416 e. The van der Waals surface area contributed by atoms with Crippen LogP contribution >= 0.6 is 23.2 Å². The second-order valence-corrected chi connectivity index (χ2v) is 13.1. The molecule has 0 N–H and O–H groups in total. The third kappa shape index (κ3) is 12.3. The van der Waals surface area contributed by atoms with E-state index >= 15 is 0 Å². The van der Waals surface area contributed by atoms with Gasteiger partial charge in [-0.05, 0) is 36.4 Å². The maximum absolute atomic E-state index is 13.7. The van der Waals surface area contributed by atoms with Crippen molar-refractivity contribution in [2.75, 3.05) is 53.9 Å². The highest BCUT2D eigenvalue weighted by Crippen LogP contribution is 2.49. The molecule has 0 amide bonds. The van der Waals surface area contributed by atoms with Crippen LogP contribution in [0.5, 0.6) is 11.5 Å². The molecule has 0 radical (unpaired) electrons. The number of nitro groups is 2. The quantitative estimate of drug-likeness (QED) is 0.0228. The molecule has 0 aliphatic carbocycles. The number of alkyl halides is 6. The summed E-state index contributed by atoms with van der Waals surface area (Å²) < 4.78 is 118. The Morgan fingerprint density at radius 3 is 1.24 bits per heavy atom. The minimum Gasteiger partial charge on any atom is -0.461 e. The molecule has 17 nitrogen and oxygen atoms in total. The Hall–Kier alpha value is -6.56. The molecule has 336 valence electrons. The highest BCUT2D eigenvalue weighted by molar-refractivity contribution is 6.34. The number of nitro benzene ring substituents is 2. The van der Waals surface area contributed by atoms with Crippen LogP contribution in [0.2, 0.25) is 10.0 Å². The number of carbonyl (C=O) groups is 4. The molecule has 0 spiro atoms. The predicted molar refractivity (Wildman–Crippen MR) is 203 cm³/mol. The van der Waals surface area contributed by atoms with Crippen LogP contribution in [0.4, 0.5) is 37.7 Å². The van der Waals surface area contributed by atoms with Crippen molar-refractivity contribution in [3.63, 3.8) is 0 Å². The van der Waals surface area contributed by atoms with Gasteiger partial charge in [0.15, 0.2) is 13.2 Å². The van der Waals surface area contributed by atoms with E-state index in [0.717, 1.165) is 12.1 Å². The molecule has 0 atom stereocenters. The minimum atomic E-state index is -4.99. The van der Waals surface area contributed by atoms with E-state index in [0.29, 0.717) is 48.5 Å². The molecule has 25 heteroatoms. The third-order valence-electron chi connectivity index (χ3n) is 8.19. The van der Waals surface area contributed by atoms with Crippen LogP contribution < -0.4 is 4.74 Å². The molecular weight excluding hydrogens is 909 g/mol. The fraction of sp³-hybridized carbons (Fsp3) is 0.263. The summed E-state index contributed by atoms with van der Waals surface area (Å²) in [6, 6.07) is 5.94. The molecule has 0 unspecified atom stereocenters. The first-order valence-corrected chi connectivity index (χ1v) is 18.0. The van der Waals surface area contributed by atoms with Gasteiger partial charge >= 0.3 is 36.2 Å². The largest absolute Gasteiger partial charge is 0.461 e. The van der Waals surface area contributed by atoms with Crippen LogP contribution in [0.25, 0.3) is 22.3 Å². The fourth-order valence-corrected chi connectivity index (χ4v) is 5.98. The van der Waals surface area contributed by atoms with Crippen molar-refractivity contribution in [2.45, 2.75) is 12.4 Å². The summed E-state index contributed by atoms with van der Waals surface area (Å²) in [4.78, 5) is 74.5. The topological polar surface area (TPSA) is 219 Å². The zero-order valence-electron chi connectivity index (χ0n) is 32.1. The van der Waals surface area contributed by atoms with Crippen LogP contribution in [0.1, 0.15) is 31.8 Å². The molecule has 0 saturated heterocycles. The van der Waals surface area contributed by atoms with Crippen LogP contribution in [0.15, 0.2) is 60.7 Å². The lowest BCUT2D eigenvalue weighted by atomic mass is 9.94. The Labute approximate surface area is 359 Å². The Kier molecular flexibility index (Phi) is 16.4. The first kappa shape index (κ1) is 49.1. The highest BCUT2D eigenvalue weighted by Gasteiger charge is 2.37. The molecule has 0 heterocycles. The molecule has 0 aliphatic heterocycles. The smallest absolute Gasteiger partial charge is 0.416 e. The molecule has 0 aromatic heterocycles. The Morgan fingerprint density at radius 2 is 0.937 bits per heavy atom. The SMILES string of the molecule is COCCOC(=O)COC(=O)c1c([N+](=O)[O-])ccc(Oc2ccc([N+](=O)[O-])c(C(=O)OCC(=O)OCCOC)c2-c2ccc(C(F)(F)F)cc2Cl)c1-c1ccc(C(F)(F)F)cc1Cl. The van der Waals surface area contributed by atoms with Crippen molar-refractivity contribution in [1.82, 2.24) is 0 Å². The number of rotatable bonds is 18. The summed E-state index contributed by atoms with van der Waals surface area (Å²) in [5.41, 5.74) is -9.79. The zero-order valence-corrected chi connectivity index (χ0v) is 33.6. The highest BCUT2D eigenvalue weighted by atomic mass is 35.5. The Balaban J connectivity index is 2.06. The molecule has 0 fully saturated rings. The lowest BCUT2D eigenvalue weighted by Gasteiger charge is -2.20. The number of esters is 4. The van der Waals surface area contributed by atoms with Crippen molar-refractivity contribution in [2.24, 2.45) is 0 Å². The van der Waals surface area contributed by atoms with Crippen molar-refractivity contribution in [3.8, 4) is 33.8 Å². The van der Waals surface area contributed by atoms with E-state index in [2.05, 4.69) is 0 Å². The van der Waals surface area contributed by atoms with Crippen LogP contribution in [-0.4, -0.2) is 87.6 Å². The third-order valence-corrected chi connectivity index (χ3v) is 8.81. The van der Waals surface area contributed by atoms with Crippen molar-refractivity contribution < 1.29 is 88.5 Å². The van der Waals surface area contributed by atoms with Gasteiger partial charge in [0.25, 0.3) is 11.4 Å². The van der Waals surface area contributed by atoms with Crippen LogP contribution in [-0.2, 0) is 50.4 Å². The number of halogens is 8. The first-order chi connectivity index (χ1) is 29.6. The molecule has 4 aromatic carbocycles. The molecule has 0 bridgehead atoms. The van der Waals surface area contributed by atoms with Gasteiger partial charge in [-0.1, -0.05) is 35.3 Å². The minimum absolute atomic E-state index is 0.0791. The van der Waals surface area contributed by atoms with E-state index < -0.39 is 137 Å². The van der Waals surface area contributed by atoms with Gasteiger partial charge in [-0.25, -0.2) is 19.2 Å². The molecule has 63 heavy (non-hydrogen) atoms. The van der Waals surface area contributed by atoms with E-state index in [1.165, 1.54) is 14.2 Å². The number of hydrogen-bond donors (Lipinski definition) is 0. The summed E-state index contributed by atoms with van der Waals surface area (Å²) in [6.45, 7) is -3.12. The lowest BCUT2D eigenvalue weighted by molar-refractivity contribution is -0.385. The summed E-state index contributed by atoms with van der Waals surface area (Å²) in [5.74, 6) is -7.18. The van der Waals surface area contributed by atoms with Crippen molar-refractivity contribution in [1.29, 1.82) is 0 Å². The summed E-state index contributed by atoms with van der Waals surface area (Å²) in [5, 5.41) is 23.1. The summed E-state index contributed by atoms with van der Waals surface area (Å²) in [7, 11) is 2.56. The van der Waals surface area contributed by atoms with E-state index in [-0.39, 0.29) is 26.4 Å². The van der Waals surface area contributed by atoms with Gasteiger partial charge in [0.2, 0.25) is 0 Å². The maximum atomic E-state index is 13.7. The molecule has 4 rings (SSSR count). The molecule has 0 aliphatic rings. The lowest BCUT2D eigenvalue weighted by Crippen LogP contribution is -2.20. The number of methoxy groups -OCH3 is 2. The first-order valence-electron chi connectivity index (χ1n) is 17.3. The number of ether oxygens (including phenoxy) is 7. The predicted octanol–water partition coefficient (Wildman–Crippen LogP) is 8.67. The Morgan fingerprint density at radius 1 is 0.571 bits per heavy atom.